The van der Waals surface area contributed by atoms with Gasteiger partial charge in [-0.15, -0.1) is 11.3 Å². The molecule has 9 nitrogen and oxygen atoms in total. The summed E-state index contributed by atoms with van der Waals surface area (Å²) in [6.45, 7) is 3.85. The van der Waals surface area contributed by atoms with Crippen LogP contribution in [0.15, 0.2) is 46.8 Å². The molecule has 0 spiro atoms. The minimum absolute atomic E-state index is 0.0557. The molecule has 2 atom stereocenters. The molecule has 1 aliphatic carbocycles. The van der Waals surface area contributed by atoms with Crippen molar-refractivity contribution in [2.75, 3.05) is 37.4 Å². The molecule has 3 aromatic rings. The van der Waals surface area contributed by atoms with Gasteiger partial charge >= 0.3 is 0 Å². The maximum atomic E-state index is 15.7. The molecule has 0 aliphatic heterocycles. The number of anilines is 2. The van der Waals surface area contributed by atoms with Crippen molar-refractivity contribution in [2.24, 2.45) is 0 Å². The van der Waals surface area contributed by atoms with Gasteiger partial charge in [-0.3, -0.25) is 4.90 Å². The van der Waals surface area contributed by atoms with E-state index in [-0.39, 0.29) is 28.8 Å². The molecular weight excluding hydrogens is 603 g/mol. The lowest BCUT2D eigenvalue weighted by Gasteiger charge is -2.41. The highest BCUT2D eigenvalue weighted by molar-refractivity contribution is 7.93. The molecule has 1 aliphatic rings. The molecule has 0 saturated heterocycles. The molecule has 0 bridgehead atoms. The molecule has 13 heteroatoms. The van der Waals surface area contributed by atoms with Crippen LogP contribution in [0.3, 0.4) is 0 Å². The average Bonchev–Trinajstić information content (AvgIpc) is 3.47. The summed E-state index contributed by atoms with van der Waals surface area (Å²) in [6, 6.07) is 7.37. The summed E-state index contributed by atoms with van der Waals surface area (Å²) in [6.07, 6.45) is 5.27. The van der Waals surface area contributed by atoms with Gasteiger partial charge in [-0.1, -0.05) is 24.4 Å². The molecule has 1 aromatic heterocycles. The van der Waals surface area contributed by atoms with E-state index in [0.29, 0.717) is 29.3 Å². The highest BCUT2D eigenvalue weighted by Gasteiger charge is 2.34. The zero-order valence-corrected chi connectivity index (χ0v) is 26.8. The first kappa shape index (κ1) is 32.3. The third kappa shape index (κ3) is 7.46. The molecule has 4 rings (SSSR count). The third-order valence-corrected chi connectivity index (χ3v) is 10.3. The SMILES string of the molecule is COc1ccc(CN(c2nccs2)S(=O)(=O)c2cc(Cl)c(N[C@H]3CCCC[C@@H]3N(C)CC(C)(C)O)cc2F)c(OC)c1. The van der Waals surface area contributed by atoms with Crippen LogP contribution in [0.1, 0.15) is 45.1 Å². The second-order valence-corrected chi connectivity index (χ2v) is 14.2. The van der Waals surface area contributed by atoms with Gasteiger partial charge in [0.15, 0.2) is 5.13 Å². The summed E-state index contributed by atoms with van der Waals surface area (Å²) in [7, 11) is 0.524. The number of benzene rings is 2. The van der Waals surface area contributed by atoms with Gasteiger partial charge in [0.25, 0.3) is 10.0 Å². The van der Waals surface area contributed by atoms with Gasteiger partial charge < -0.3 is 19.9 Å². The van der Waals surface area contributed by atoms with E-state index >= 15 is 4.39 Å². The Balaban J connectivity index is 1.65. The third-order valence-electron chi connectivity index (χ3n) is 7.30. The van der Waals surface area contributed by atoms with Crippen LogP contribution >= 0.6 is 22.9 Å². The zero-order valence-electron chi connectivity index (χ0n) is 24.4. The van der Waals surface area contributed by atoms with Crippen LogP contribution in [0, 0.1) is 5.82 Å². The standard InChI is InChI=1S/C29H38ClFN4O5S2/c1-29(2,36)18-34(3)25-9-7-6-8-23(25)33-24-16-22(31)27(15-21(24)30)42(37,38)35(28-32-12-13-41-28)17-19-10-11-20(39-4)14-26(19)40-5/h10-16,23,25,33,36H,6-9,17-18H2,1-5H3/t23-,25-/m0/s1. The van der Waals surface area contributed by atoms with Crippen molar-refractivity contribution in [1.29, 1.82) is 0 Å². The Morgan fingerprint density at radius 3 is 2.57 bits per heavy atom. The number of aromatic nitrogens is 1. The number of sulfonamides is 1. The van der Waals surface area contributed by atoms with Gasteiger partial charge in [0.05, 0.1) is 37.1 Å². The number of halogens is 2. The number of methoxy groups -OCH3 is 2. The molecule has 230 valence electrons. The number of aliphatic hydroxyl groups is 1. The Hall–Kier alpha value is -2.64. The van der Waals surface area contributed by atoms with Crippen molar-refractivity contribution in [3.8, 4) is 11.5 Å². The summed E-state index contributed by atoms with van der Waals surface area (Å²) >= 11 is 7.73. The van der Waals surface area contributed by atoms with Crippen LogP contribution in [0.2, 0.25) is 5.02 Å². The Kier molecular flexibility index (Phi) is 10.2. The Bertz CT molecular complexity index is 1470. The van der Waals surface area contributed by atoms with Crippen molar-refractivity contribution >= 4 is 43.8 Å². The van der Waals surface area contributed by atoms with Crippen LogP contribution in [0.4, 0.5) is 15.2 Å². The smallest absolute Gasteiger partial charge is 0.269 e. The Morgan fingerprint density at radius 2 is 1.93 bits per heavy atom. The first-order valence-corrected chi connectivity index (χ1v) is 16.3. The van der Waals surface area contributed by atoms with E-state index < -0.39 is 26.3 Å². The van der Waals surface area contributed by atoms with Crippen LogP contribution in [-0.4, -0.2) is 68.9 Å². The second kappa shape index (κ2) is 13.3. The lowest BCUT2D eigenvalue weighted by atomic mass is 9.88. The van der Waals surface area contributed by atoms with Gasteiger partial charge in [-0.2, -0.15) is 0 Å². The number of ether oxygens (including phenoxy) is 2. The quantitative estimate of drug-likeness (QED) is 0.257. The molecule has 1 saturated carbocycles. The van der Waals surface area contributed by atoms with E-state index in [1.165, 1.54) is 20.4 Å². The first-order chi connectivity index (χ1) is 19.8. The molecular formula is C29H38ClFN4O5S2. The van der Waals surface area contributed by atoms with Crippen LogP contribution in [0.5, 0.6) is 11.5 Å². The Labute approximate surface area is 256 Å². The molecule has 2 N–H and O–H groups in total. The molecule has 1 fully saturated rings. The lowest BCUT2D eigenvalue weighted by Crippen LogP contribution is -2.51. The monoisotopic (exact) mass is 640 g/mol. The molecule has 0 unspecified atom stereocenters. The topological polar surface area (TPSA) is 104 Å². The minimum Gasteiger partial charge on any atom is -0.497 e. The van der Waals surface area contributed by atoms with E-state index in [1.54, 1.807) is 37.4 Å². The summed E-state index contributed by atoms with van der Waals surface area (Å²) in [5.41, 5.74) is -0.00462. The Morgan fingerprint density at radius 1 is 1.19 bits per heavy atom. The number of rotatable bonds is 12. The van der Waals surface area contributed by atoms with Crippen molar-refractivity contribution in [1.82, 2.24) is 9.88 Å². The summed E-state index contributed by atoms with van der Waals surface area (Å²) in [4.78, 5) is 5.76. The van der Waals surface area contributed by atoms with Gasteiger partial charge in [0, 0.05) is 41.8 Å². The molecule has 42 heavy (non-hydrogen) atoms. The van der Waals surface area contributed by atoms with Crippen LogP contribution in [0.25, 0.3) is 0 Å². The fourth-order valence-electron chi connectivity index (χ4n) is 5.42. The fraction of sp³-hybridized carbons (Fsp3) is 0.483. The largest absolute Gasteiger partial charge is 0.497 e. The van der Waals surface area contributed by atoms with Crippen molar-refractivity contribution in [3.63, 3.8) is 0 Å². The van der Waals surface area contributed by atoms with E-state index in [2.05, 4.69) is 15.2 Å². The predicted octanol–water partition coefficient (Wildman–Crippen LogP) is 5.77. The number of nitrogens with zero attached hydrogens (tertiary/aromatic N) is 3. The molecule has 0 amide bonds. The summed E-state index contributed by atoms with van der Waals surface area (Å²) in [5.74, 6) is 0.0368. The number of hydrogen-bond donors (Lipinski definition) is 2. The van der Waals surface area contributed by atoms with Crippen molar-refractivity contribution < 1.29 is 27.4 Å². The highest BCUT2D eigenvalue weighted by atomic mass is 35.5. The fourth-order valence-corrected chi connectivity index (χ4v) is 8.05. The molecule has 0 radical (unpaired) electrons. The summed E-state index contributed by atoms with van der Waals surface area (Å²) < 4.78 is 55.5. The second-order valence-electron chi connectivity index (χ2n) is 11.1. The highest BCUT2D eigenvalue weighted by Crippen LogP contribution is 2.36. The summed E-state index contributed by atoms with van der Waals surface area (Å²) in [5, 5.41) is 15.6. The van der Waals surface area contributed by atoms with Crippen LogP contribution < -0.4 is 19.1 Å². The van der Waals surface area contributed by atoms with E-state index in [9.17, 15) is 13.5 Å². The first-order valence-electron chi connectivity index (χ1n) is 13.7. The maximum absolute atomic E-state index is 15.7. The van der Waals surface area contributed by atoms with Crippen molar-refractivity contribution in [3.05, 3.63) is 58.3 Å². The van der Waals surface area contributed by atoms with Gasteiger partial charge in [0.1, 0.15) is 22.2 Å². The molecule has 2 aromatic carbocycles. The number of nitrogens with one attached hydrogen (secondary N) is 1. The van der Waals surface area contributed by atoms with E-state index in [4.69, 9.17) is 21.1 Å². The van der Waals surface area contributed by atoms with Gasteiger partial charge in [-0.25, -0.2) is 22.1 Å². The lowest BCUT2D eigenvalue weighted by molar-refractivity contribution is 0.0231. The predicted molar refractivity (Wildman–Crippen MR) is 165 cm³/mol. The maximum Gasteiger partial charge on any atom is 0.269 e. The zero-order chi connectivity index (χ0) is 30.7. The number of likely N-dealkylation sites (N-methyl/N-ethyl adjacent to an activating group) is 1. The van der Waals surface area contributed by atoms with Gasteiger partial charge in [0.2, 0.25) is 0 Å². The number of hydrogen-bond acceptors (Lipinski definition) is 9. The normalized spacial score (nSPS) is 17.7. The minimum atomic E-state index is -4.44. The van der Waals surface area contributed by atoms with E-state index in [0.717, 1.165) is 53.5 Å². The molecule has 1 heterocycles. The number of thiazole rings is 1. The van der Waals surface area contributed by atoms with Crippen molar-refractivity contribution in [2.45, 2.75) is 68.7 Å². The van der Waals surface area contributed by atoms with Gasteiger partial charge in [-0.05, 0) is 58.0 Å². The van der Waals surface area contributed by atoms with Crippen LogP contribution in [-0.2, 0) is 16.6 Å². The van der Waals surface area contributed by atoms with E-state index in [1.807, 2.05) is 7.05 Å². The average molecular weight is 641 g/mol.